The van der Waals surface area contributed by atoms with Gasteiger partial charge in [0.15, 0.2) is 0 Å². The lowest BCUT2D eigenvalue weighted by Gasteiger charge is -2.11. The molecule has 0 rings (SSSR count). The first-order chi connectivity index (χ1) is 4.85. The van der Waals surface area contributed by atoms with E-state index in [0.29, 0.717) is 6.04 Å². The zero-order chi connectivity index (χ0) is 7.82. The second kappa shape index (κ2) is 7.36. The zero-order valence-electron chi connectivity index (χ0n) is 6.99. The molecule has 1 nitrogen and oxygen atoms in total. The van der Waals surface area contributed by atoms with Crippen LogP contribution in [-0.2, 0) is 0 Å². The smallest absolute Gasteiger partial charge is 0.0220 e. The molecule has 0 bridgehead atoms. The Labute approximate surface area is 69.3 Å². The van der Waals surface area contributed by atoms with Crippen LogP contribution in [0.25, 0.3) is 0 Å². The summed E-state index contributed by atoms with van der Waals surface area (Å²) in [5.41, 5.74) is 0. The van der Waals surface area contributed by atoms with Crippen LogP contribution in [0, 0.1) is 0 Å². The number of nitrogens with one attached hydrogen (secondary N) is 1. The van der Waals surface area contributed by atoms with E-state index in [0.717, 1.165) is 0 Å². The zero-order valence-corrected chi connectivity index (χ0v) is 7.75. The Morgan fingerprint density at radius 1 is 1.20 bits per heavy atom. The van der Waals surface area contributed by atoms with E-state index in [4.69, 9.17) is 11.8 Å². The number of unbranched alkanes of at least 4 members (excludes halogenated alkanes) is 1. The van der Waals surface area contributed by atoms with Gasteiger partial charge in [-0.2, -0.15) is 0 Å². The highest BCUT2D eigenvalue weighted by molar-refractivity contribution is 6.13. The molecule has 0 saturated heterocycles. The fourth-order valence-corrected chi connectivity index (χ4v) is 1.27. The van der Waals surface area contributed by atoms with Crippen LogP contribution in [-0.4, -0.2) is 6.04 Å². The van der Waals surface area contributed by atoms with Crippen LogP contribution < -0.4 is 4.84 Å². The van der Waals surface area contributed by atoms with E-state index in [-0.39, 0.29) is 0 Å². The molecule has 0 aliphatic heterocycles. The van der Waals surface area contributed by atoms with Crippen LogP contribution in [0.15, 0.2) is 0 Å². The Morgan fingerprint density at radius 2 is 1.90 bits per heavy atom. The molecule has 0 aliphatic rings. The van der Waals surface area contributed by atoms with Gasteiger partial charge in [-0.25, -0.2) is 4.84 Å². The van der Waals surface area contributed by atoms with E-state index in [1.807, 2.05) is 0 Å². The van der Waals surface area contributed by atoms with Crippen molar-refractivity contribution in [3.8, 4) is 0 Å². The molecule has 10 heavy (non-hydrogen) atoms. The molecular weight excluding hydrogens is 146 g/mol. The van der Waals surface area contributed by atoms with Gasteiger partial charge < -0.3 is 0 Å². The standard InChI is InChI=1S/C8H18ClN/c1-3-5-7-8(10-9)6-4-2/h8,10H,3-7H2,1-2H3. The molecule has 0 aliphatic carbocycles. The average molecular weight is 164 g/mol. The second-order valence-corrected chi connectivity index (χ2v) is 2.96. The number of hydrogen-bond acceptors (Lipinski definition) is 1. The lowest BCUT2D eigenvalue weighted by atomic mass is 10.1. The van der Waals surface area contributed by atoms with Gasteiger partial charge in [0.25, 0.3) is 0 Å². The molecule has 0 aromatic carbocycles. The molecule has 0 aromatic rings. The van der Waals surface area contributed by atoms with Gasteiger partial charge in [-0.1, -0.05) is 33.1 Å². The number of rotatable bonds is 6. The fourth-order valence-electron chi connectivity index (χ4n) is 1.05. The van der Waals surface area contributed by atoms with Crippen molar-refractivity contribution in [1.82, 2.24) is 4.84 Å². The highest BCUT2D eigenvalue weighted by Crippen LogP contribution is 2.06. The first-order valence-corrected chi connectivity index (χ1v) is 4.59. The normalized spacial score (nSPS) is 13.5. The maximum absolute atomic E-state index is 5.53. The Hall–Kier alpha value is 0.250. The second-order valence-electron chi connectivity index (χ2n) is 2.74. The van der Waals surface area contributed by atoms with Crippen molar-refractivity contribution in [2.45, 2.75) is 52.0 Å². The van der Waals surface area contributed by atoms with Gasteiger partial charge in [0, 0.05) is 6.04 Å². The van der Waals surface area contributed by atoms with Crippen molar-refractivity contribution in [3.63, 3.8) is 0 Å². The Balaban J connectivity index is 3.21. The van der Waals surface area contributed by atoms with Crippen molar-refractivity contribution < 1.29 is 0 Å². The summed E-state index contributed by atoms with van der Waals surface area (Å²) >= 11 is 5.53. The van der Waals surface area contributed by atoms with Gasteiger partial charge in [-0.3, -0.25) is 0 Å². The monoisotopic (exact) mass is 163 g/mol. The maximum Gasteiger partial charge on any atom is 0.0220 e. The van der Waals surface area contributed by atoms with Crippen molar-refractivity contribution in [2.24, 2.45) is 0 Å². The van der Waals surface area contributed by atoms with Crippen LogP contribution in [0.2, 0.25) is 0 Å². The van der Waals surface area contributed by atoms with Gasteiger partial charge in [-0.15, -0.1) is 0 Å². The molecule has 0 spiro atoms. The van der Waals surface area contributed by atoms with Gasteiger partial charge in [0.05, 0.1) is 0 Å². The summed E-state index contributed by atoms with van der Waals surface area (Å²) in [6.45, 7) is 4.39. The molecule has 1 N–H and O–H groups in total. The number of halogens is 1. The van der Waals surface area contributed by atoms with E-state index in [1.165, 1.54) is 32.1 Å². The summed E-state index contributed by atoms with van der Waals surface area (Å²) in [7, 11) is 0. The predicted octanol–water partition coefficient (Wildman–Crippen LogP) is 3.09. The molecule has 1 atom stereocenters. The highest BCUT2D eigenvalue weighted by atomic mass is 35.5. The maximum atomic E-state index is 5.53. The first-order valence-electron chi connectivity index (χ1n) is 4.21. The van der Waals surface area contributed by atoms with E-state index in [1.54, 1.807) is 0 Å². The summed E-state index contributed by atoms with van der Waals surface area (Å²) in [6.07, 6.45) is 6.18. The third-order valence-electron chi connectivity index (χ3n) is 1.70. The lowest BCUT2D eigenvalue weighted by Crippen LogP contribution is -2.19. The average Bonchev–Trinajstić information content (AvgIpc) is 1.98. The Morgan fingerprint density at radius 3 is 2.30 bits per heavy atom. The van der Waals surface area contributed by atoms with Crippen molar-refractivity contribution in [1.29, 1.82) is 0 Å². The molecule has 0 saturated carbocycles. The van der Waals surface area contributed by atoms with Gasteiger partial charge in [-0.05, 0) is 24.6 Å². The topological polar surface area (TPSA) is 12.0 Å². The summed E-state index contributed by atoms with van der Waals surface area (Å²) in [5.74, 6) is 0. The van der Waals surface area contributed by atoms with Crippen molar-refractivity contribution >= 4 is 11.8 Å². The van der Waals surface area contributed by atoms with Gasteiger partial charge >= 0.3 is 0 Å². The molecule has 2 heteroatoms. The van der Waals surface area contributed by atoms with E-state index >= 15 is 0 Å². The molecule has 0 heterocycles. The largest absolute Gasteiger partial charge is 0.230 e. The van der Waals surface area contributed by atoms with Crippen molar-refractivity contribution in [2.75, 3.05) is 0 Å². The lowest BCUT2D eigenvalue weighted by molar-refractivity contribution is 0.505. The minimum absolute atomic E-state index is 0.534. The quantitative estimate of drug-likeness (QED) is 0.594. The molecule has 1 unspecified atom stereocenters. The summed E-state index contributed by atoms with van der Waals surface area (Å²) in [5, 5.41) is 0. The predicted molar refractivity (Wildman–Crippen MR) is 47.2 cm³/mol. The minimum atomic E-state index is 0.534. The van der Waals surface area contributed by atoms with E-state index in [9.17, 15) is 0 Å². The van der Waals surface area contributed by atoms with Crippen LogP contribution in [0.4, 0.5) is 0 Å². The van der Waals surface area contributed by atoms with Gasteiger partial charge in [0.2, 0.25) is 0 Å². The van der Waals surface area contributed by atoms with Gasteiger partial charge in [0.1, 0.15) is 0 Å². The molecule has 0 amide bonds. The molecular formula is C8H18ClN. The summed E-state index contributed by atoms with van der Waals surface area (Å²) in [4.78, 5) is 2.81. The SMILES string of the molecule is CCCCC(CCC)NCl. The Bertz CT molecular complexity index is 66.3. The Kier molecular flexibility index (Phi) is 7.54. The first kappa shape index (κ1) is 10.2. The molecule has 0 radical (unpaired) electrons. The van der Waals surface area contributed by atoms with Crippen LogP contribution >= 0.6 is 11.8 Å². The molecule has 0 aromatic heterocycles. The summed E-state index contributed by atoms with van der Waals surface area (Å²) < 4.78 is 0. The van der Waals surface area contributed by atoms with E-state index in [2.05, 4.69) is 18.7 Å². The van der Waals surface area contributed by atoms with Crippen LogP contribution in [0.5, 0.6) is 0 Å². The van der Waals surface area contributed by atoms with Crippen LogP contribution in [0.1, 0.15) is 46.0 Å². The summed E-state index contributed by atoms with van der Waals surface area (Å²) in [6, 6.07) is 0.534. The fraction of sp³-hybridized carbons (Fsp3) is 1.00. The molecule has 0 fully saturated rings. The highest BCUT2D eigenvalue weighted by Gasteiger charge is 2.03. The van der Waals surface area contributed by atoms with Crippen LogP contribution in [0.3, 0.4) is 0 Å². The van der Waals surface area contributed by atoms with E-state index < -0.39 is 0 Å². The third kappa shape index (κ3) is 5.07. The van der Waals surface area contributed by atoms with Crippen molar-refractivity contribution in [3.05, 3.63) is 0 Å². The molecule has 62 valence electrons. The third-order valence-corrected chi connectivity index (χ3v) is 2.01. The minimum Gasteiger partial charge on any atom is -0.230 e. The number of hydrogen-bond donors (Lipinski definition) is 1.